The van der Waals surface area contributed by atoms with E-state index >= 15 is 0 Å². The molecule has 0 fully saturated rings. The number of benzene rings is 3. The Morgan fingerprint density at radius 2 is 1.07 bits per heavy atom. The van der Waals surface area contributed by atoms with Crippen molar-refractivity contribution in [3.05, 3.63) is 108 Å². The highest BCUT2D eigenvalue weighted by atomic mass is 16.2. The van der Waals surface area contributed by atoms with Crippen molar-refractivity contribution >= 4 is 5.91 Å². The van der Waals surface area contributed by atoms with Gasteiger partial charge in [-0.25, -0.2) is 5.01 Å². The first-order chi connectivity index (χ1) is 13.6. The smallest absolute Gasteiger partial charge is 0.240 e. The average Bonchev–Trinajstić information content (AvgIpc) is 2.73. The molecule has 0 aliphatic heterocycles. The minimum atomic E-state index is -0.115. The maximum atomic E-state index is 13.6. The Balaban J connectivity index is 1.84. The van der Waals surface area contributed by atoms with Crippen molar-refractivity contribution < 1.29 is 4.79 Å². The fourth-order valence-corrected chi connectivity index (χ4v) is 3.43. The van der Waals surface area contributed by atoms with Gasteiger partial charge in [0.25, 0.3) is 0 Å². The molecule has 3 aromatic rings. The molecule has 3 aromatic carbocycles. The van der Waals surface area contributed by atoms with E-state index in [-0.39, 0.29) is 11.8 Å². The SMILES string of the molecule is CN(C)N(Cc1ccccc1)C(=O)C(Cc1ccccc1)Cc1ccccc1. The van der Waals surface area contributed by atoms with Gasteiger partial charge in [-0.05, 0) is 29.5 Å². The van der Waals surface area contributed by atoms with Crippen molar-refractivity contribution in [1.82, 2.24) is 10.0 Å². The van der Waals surface area contributed by atoms with E-state index in [1.807, 2.05) is 78.7 Å². The fourth-order valence-electron chi connectivity index (χ4n) is 3.43. The number of hydrogen-bond acceptors (Lipinski definition) is 2. The van der Waals surface area contributed by atoms with Gasteiger partial charge in [0.05, 0.1) is 6.54 Å². The molecule has 0 aliphatic rings. The van der Waals surface area contributed by atoms with Crippen LogP contribution in [0.3, 0.4) is 0 Å². The summed E-state index contributed by atoms with van der Waals surface area (Å²) in [5.74, 6) is 0.0393. The van der Waals surface area contributed by atoms with Gasteiger partial charge in [0.15, 0.2) is 0 Å². The monoisotopic (exact) mass is 372 g/mol. The first-order valence-electron chi connectivity index (χ1n) is 9.74. The molecule has 0 heterocycles. The lowest BCUT2D eigenvalue weighted by Gasteiger charge is -2.32. The summed E-state index contributed by atoms with van der Waals surface area (Å²) in [5.41, 5.74) is 3.51. The third-order valence-corrected chi connectivity index (χ3v) is 4.91. The Morgan fingerprint density at radius 3 is 1.46 bits per heavy atom. The van der Waals surface area contributed by atoms with Gasteiger partial charge >= 0.3 is 0 Å². The summed E-state index contributed by atoms with van der Waals surface area (Å²) >= 11 is 0. The predicted octanol–water partition coefficient (Wildman–Crippen LogP) is 4.59. The zero-order chi connectivity index (χ0) is 19.8. The zero-order valence-corrected chi connectivity index (χ0v) is 16.7. The number of carbonyl (C=O) groups excluding carboxylic acids is 1. The van der Waals surface area contributed by atoms with Crippen molar-refractivity contribution in [3.8, 4) is 0 Å². The van der Waals surface area contributed by atoms with Gasteiger partial charge in [-0.1, -0.05) is 91.0 Å². The first kappa shape index (κ1) is 19.8. The summed E-state index contributed by atoms with van der Waals surface area (Å²) in [4.78, 5) is 13.6. The lowest BCUT2D eigenvalue weighted by Crippen LogP contribution is -2.45. The molecular weight excluding hydrogens is 344 g/mol. The highest BCUT2D eigenvalue weighted by Gasteiger charge is 2.26. The molecule has 28 heavy (non-hydrogen) atoms. The van der Waals surface area contributed by atoms with Crippen LogP contribution in [-0.4, -0.2) is 30.0 Å². The molecule has 3 rings (SSSR count). The van der Waals surface area contributed by atoms with Crippen LogP contribution < -0.4 is 0 Å². The Bertz CT molecular complexity index is 806. The lowest BCUT2D eigenvalue weighted by molar-refractivity contribution is -0.150. The maximum Gasteiger partial charge on any atom is 0.240 e. The quantitative estimate of drug-likeness (QED) is 0.540. The number of hydrogen-bond donors (Lipinski definition) is 0. The largest absolute Gasteiger partial charge is 0.273 e. The minimum Gasteiger partial charge on any atom is -0.273 e. The topological polar surface area (TPSA) is 23.6 Å². The molecule has 0 bridgehead atoms. The van der Waals surface area contributed by atoms with Gasteiger partial charge in [-0.2, -0.15) is 0 Å². The molecule has 0 unspecified atom stereocenters. The summed E-state index contributed by atoms with van der Waals surface area (Å²) in [6.45, 7) is 0.576. The third-order valence-electron chi connectivity index (χ3n) is 4.91. The second-order valence-corrected chi connectivity index (χ2v) is 7.31. The van der Waals surface area contributed by atoms with E-state index in [4.69, 9.17) is 0 Å². The fraction of sp³-hybridized carbons (Fsp3) is 0.240. The molecule has 3 heteroatoms. The predicted molar refractivity (Wildman–Crippen MR) is 114 cm³/mol. The Hall–Kier alpha value is -2.91. The molecular formula is C25H28N2O. The number of amides is 1. The van der Waals surface area contributed by atoms with E-state index in [2.05, 4.69) is 36.4 Å². The number of nitrogens with zero attached hydrogens (tertiary/aromatic N) is 2. The van der Waals surface area contributed by atoms with Crippen molar-refractivity contribution in [2.45, 2.75) is 19.4 Å². The van der Waals surface area contributed by atoms with E-state index in [1.54, 1.807) is 0 Å². The van der Waals surface area contributed by atoms with Crippen LogP contribution in [0.2, 0.25) is 0 Å². The Kier molecular flexibility index (Phi) is 6.99. The highest BCUT2D eigenvalue weighted by Crippen LogP contribution is 2.19. The van der Waals surface area contributed by atoms with E-state index in [0.717, 1.165) is 18.4 Å². The first-order valence-corrected chi connectivity index (χ1v) is 9.74. The molecule has 0 N–H and O–H groups in total. The average molecular weight is 373 g/mol. The van der Waals surface area contributed by atoms with Crippen LogP contribution in [0.4, 0.5) is 0 Å². The molecule has 0 saturated carbocycles. The Labute approximate surface area is 168 Å². The highest BCUT2D eigenvalue weighted by molar-refractivity contribution is 5.79. The van der Waals surface area contributed by atoms with E-state index in [9.17, 15) is 4.79 Å². The van der Waals surface area contributed by atoms with Crippen molar-refractivity contribution in [2.75, 3.05) is 14.1 Å². The second kappa shape index (κ2) is 9.86. The standard InChI is InChI=1S/C25H28N2O/c1-26(2)27(20-23-16-10-5-11-17-23)25(28)24(18-21-12-6-3-7-13-21)19-22-14-8-4-9-15-22/h3-17,24H,18-20H2,1-2H3. The van der Waals surface area contributed by atoms with Crippen molar-refractivity contribution in [1.29, 1.82) is 0 Å². The molecule has 144 valence electrons. The number of carbonyl (C=O) groups is 1. The molecule has 3 nitrogen and oxygen atoms in total. The van der Waals surface area contributed by atoms with Crippen LogP contribution >= 0.6 is 0 Å². The number of rotatable bonds is 8. The van der Waals surface area contributed by atoms with Gasteiger partial charge in [0.1, 0.15) is 0 Å². The van der Waals surface area contributed by atoms with E-state index in [0.29, 0.717) is 6.54 Å². The molecule has 0 atom stereocenters. The van der Waals surface area contributed by atoms with Crippen LogP contribution in [0.5, 0.6) is 0 Å². The van der Waals surface area contributed by atoms with Gasteiger partial charge in [-0.15, -0.1) is 0 Å². The number of hydrazine groups is 1. The lowest BCUT2D eigenvalue weighted by atomic mass is 9.91. The summed E-state index contributed by atoms with van der Waals surface area (Å²) in [6.07, 6.45) is 1.46. The van der Waals surface area contributed by atoms with Gasteiger partial charge < -0.3 is 0 Å². The summed E-state index contributed by atoms with van der Waals surface area (Å²) in [6, 6.07) is 30.7. The van der Waals surface area contributed by atoms with Gasteiger partial charge in [-0.3, -0.25) is 9.80 Å². The molecule has 0 radical (unpaired) electrons. The van der Waals surface area contributed by atoms with E-state index < -0.39 is 0 Å². The summed E-state index contributed by atoms with van der Waals surface area (Å²) in [5, 5.41) is 3.75. The van der Waals surface area contributed by atoms with Gasteiger partial charge in [0.2, 0.25) is 5.91 Å². The Morgan fingerprint density at radius 1 is 0.679 bits per heavy atom. The van der Waals surface area contributed by atoms with Crippen molar-refractivity contribution in [2.24, 2.45) is 5.92 Å². The zero-order valence-electron chi connectivity index (χ0n) is 16.7. The molecule has 0 aromatic heterocycles. The molecule has 0 spiro atoms. The van der Waals surface area contributed by atoms with Crippen LogP contribution in [0.15, 0.2) is 91.0 Å². The summed E-state index contributed by atoms with van der Waals surface area (Å²) < 4.78 is 0. The normalized spacial score (nSPS) is 11.0. The van der Waals surface area contributed by atoms with Crippen molar-refractivity contribution in [3.63, 3.8) is 0 Å². The minimum absolute atomic E-state index is 0.115. The molecule has 1 amide bonds. The second-order valence-electron chi connectivity index (χ2n) is 7.31. The van der Waals surface area contributed by atoms with Crippen LogP contribution in [0.25, 0.3) is 0 Å². The van der Waals surface area contributed by atoms with E-state index in [1.165, 1.54) is 11.1 Å². The molecule has 0 aliphatic carbocycles. The summed E-state index contributed by atoms with van der Waals surface area (Å²) in [7, 11) is 3.87. The van der Waals surface area contributed by atoms with Crippen LogP contribution in [-0.2, 0) is 24.2 Å². The van der Waals surface area contributed by atoms with Crippen LogP contribution in [0.1, 0.15) is 16.7 Å². The van der Waals surface area contributed by atoms with Gasteiger partial charge in [0, 0.05) is 20.0 Å². The molecule has 0 saturated heterocycles. The third kappa shape index (κ3) is 5.54. The van der Waals surface area contributed by atoms with Crippen LogP contribution in [0, 0.1) is 5.92 Å². The maximum absolute atomic E-state index is 13.6.